The fraction of sp³-hybridized carbons (Fsp3) is 0.294. The van der Waals surface area contributed by atoms with Crippen LogP contribution in [0.25, 0.3) is 22.3 Å². The van der Waals surface area contributed by atoms with Gasteiger partial charge < -0.3 is 4.57 Å². The third-order valence-corrected chi connectivity index (χ3v) is 3.64. The monoisotopic (exact) mass is 265 g/mol. The van der Waals surface area contributed by atoms with Crippen LogP contribution in [0, 0.1) is 6.92 Å². The highest BCUT2D eigenvalue weighted by molar-refractivity contribution is 5.83. The Morgan fingerprint density at radius 1 is 1.15 bits per heavy atom. The summed E-state index contributed by atoms with van der Waals surface area (Å²) in [4.78, 5) is 8.58. The Hall–Kier alpha value is -2.16. The highest BCUT2D eigenvalue weighted by Gasteiger charge is 2.11. The molecule has 2 heterocycles. The summed E-state index contributed by atoms with van der Waals surface area (Å²) in [6.07, 6.45) is 5.86. The van der Waals surface area contributed by atoms with Crippen molar-refractivity contribution >= 4 is 11.0 Å². The van der Waals surface area contributed by atoms with Crippen LogP contribution in [0.4, 0.5) is 0 Å². The van der Waals surface area contributed by atoms with Crippen LogP contribution in [-0.4, -0.2) is 14.5 Å². The van der Waals surface area contributed by atoms with Crippen LogP contribution < -0.4 is 0 Å². The zero-order valence-electron chi connectivity index (χ0n) is 12.0. The van der Waals surface area contributed by atoms with Gasteiger partial charge in [0.2, 0.25) is 0 Å². The van der Waals surface area contributed by atoms with E-state index < -0.39 is 0 Å². The smallest absolute Gasteiger partial charge is 0.143 e. The summed E-state index contributed by atoms with van der Waals surface area (Å²) in [5.74, 6) is 0. The van der Waals surface area contributed by atoms with Crippen LogP contribution >= 0.6 is 0 Å². The van der Waals surface area contributed by atoms with Gasteiger partial charge in [-0.15, -0.1) is 0 Å². The number of aryl methyl sites for hydroxylation is 2. The van der Waals surface area contributed by atoms with Gasteiger partial charge in [0.05, 0.1) is 5.69 Å². The second-order valence-electron chi connectivity index (χ2n) is 5.20. The highest BCUT2D eigenvalue weighted by Crippen LogP contribution is 2.27. The number of nitrogens with zero attached hydrogens (tertiary/aromatic N) is 3. The molecule has 0 amide bonds. The largest absolute Gasteiger partial charge is 0.325 e. The Bertz CT molecular complexity index is 711. The molecule has 0 atom stereocenters. The summed E-state index contributed by atoms with van der Waals surface area (Å²) >= 11 is 0. The fourth-order valence-electron chi connectivity index (χ4n) is 2.51. The summed E-state index contributed by atoms with van der Waals surface area (Å²) in [5, 5.41) is 1.11. The molecule has 3 aromatic rings. The van der Waals surface area contributed by atoms with Crippen molar-refractivity contribution in [3.8, 4) is 11.3 Å². The minimum absolute atomic E-state index is 1.00. The lowest BCUT2D eigenvalue weighted by molar-refractivity contribution is 0.650. The summed E-state index contributed by atoms with van der Waals surface area (Å²) < 4.78 is 2.31. The molecule has 2 aromatic heterocycles. The van der Waals surface area contributed by atoms with E-state index in [1.165, 1.54) is 23.2 Å². The van der Waals surface area contributed by atoms with E-state index >= 15 is 0 Å². The lowest BCUT2D eigenvalue weighted by Crippen LogP contribution is -2.01. The van der Waals surface area contributed by atoms with Crippen LogP contribution in [-0.2, 0) is 6.54 Å². The van der Waals surface area contributed by atoms with Crippen molar-refractivity contribution in [1.29, 1.82) is 0 Å². The first-order valence-electron chi connectivity index (χ1n) is 7.16. The molecule has 0 bridgehead atoms. The highest BCUT2D eigenvalue weighted by atomic mass is 15.1. The van der Waals surface area contributed by atoms with Gasteiger partial charge in [0.15, 0.2) is 0 Å². The second-order valence-corrected chi connectivity index (χ2v) is 5.20. The van der Waals surface area contributed by atoms with Crippen molar-refractivity contribution in [2.75, 3.05) is 0 Å². The SMILES string of the molecule is CCCCn1c(-c2ccc(C)cc2)cc2cncnc21. The zero-order chi connectivity index (χ0) is 13.9. The van der Waals surface area contributed by atoms with Gasteiger partial charge in [0.1, 0.15) is 12.0 Å². The Morgan fingerprint density at radius 2 is 1.95 bits per heavy atom. The van der Waals surface area contributed by atoms with Gasteiger partial charge in [0.25, 0.3) is 0 Å². The topological polar surface area (TPSA) is 30.7 Å². The molecule has 0 spiro atoms. The van der Waals surface area contributed by atoms with Crippen molar-refractivity contribution in [2.45, 2.75) is 33.2 Å². The summed E-state index contributed by atoms with van der Waals surface area (Å²) in [6.45, 7) is 5.33. The van der Waals surface area contributed by atoms with Crippen LogP contribution in [0.1, 0.15) is 25.3 Å². The molecule has 3 nitrogen and oxygen atoms in total. The van der Waals surface area contributed by atoms with Gasteiger partial charge in [0, 0.05) is 18.1 Å². The molecule has 0 saturated carbocycles. The molecule has 102 valence electrons. The molecule has 0 radical (unpaired) electrons. The maximum Gasteiger partial charge on any atom is 0.143 e. The van der Waals surface area contributed by atoms with Crippen molar-refractivity contribution in [3.05, 3.63) is 48.4 Å². The molecular weight excluding hydrogens is 246 g/mol. The third kappa shape index (κ3) is 2.31. The lowest BCUT2D eigenvalue weighted by atomic mass is 10.1. The number of benzene rings is 1. The first-order chi connectivity index (χ1) is 9.79. The van der Waals surface area contributed by atoms with Crippen LogP contribution in [0.5, 0.6) is 0 Å². The Balaban J connectivity index is 2.15. The predicted octanol–water partition coefficient (Wildman–Crippen LogP) is 4.21. The summed E-state index contributed by atoms with van der Waals surface area (Å²) in [6, 6.07) is 10.9. The molecule has 0 aliphatic heterocycles. The molecule has 0 aliphatic carbocycles. The molecule has 0 N–H and O–H groups in total. The number of unbranched alkanes of at least 4 members (excludes halogenated alkanes) is 1. The van der Waals surface area contributed by atoms with E-state index in [4.69, 9.17) is 0 Å². The lowest BCUT2D eigenvalue weighted by Gasteiger charge is -2.09. The van der Waals surface area contributed by atoms with Crippen molar-refractivity contribution in [1.82, 2.24) is 14.5 Å². The summed E-state index contributed by atoms with van der Waals surface area (Å²) in [5.41, 5.74) is 4.78. The van der Waals surface area contributed by atoms with E-state index in [9.17, 15) is 0 Å². The van der Waals surface area contributed by atoms with Gasteiger partial charge in [-0.05, 0) is 25.0 Å². The number of fused-ring (bicyclic) bond motifs is 1. The molecule has 3 heteroatoms. The molecule has 3 rings (SSSR count). The molecular formula is C17H19N3. The normalized spacial score (nSPS) is 11.1. The Labute approximate surface area is 119 Å². The van der Waals surface area contributed by atoms with E-state index in [1.807, 2.05) is 6.20 Å². The zero-order valence-corrected chi connectivity index (χ0v) is 12.0. The third-order valence-electron chi connectivity index (χ3n) is 3.64. The van der Waals surface area contributed by atoms with Crippen LogP contribution in [0.3, 0.4) is 0 Å². The second kappa shape index (κ2) is 5.45. The quantitative estimate of drug-likeness (QED) is 0.707. The van der Waals surface area contributed by atoms with Crippen molar-refractivity contribution < 1.29 is 0 Å². The first kappa shape index (κ1) is 12.9. The number of aromatic nitrogens is 3. The average molecular weight is 265 g/mol. The number of rotatable bonds is 4. The van der Waals surface area contributed by atoms with Gasteiger partial charge in [-0.25, -0.2) is 9.97 Å². The fourth-order valence-corrected chi connectivity index (χ4v) is 2.51. The van der Waals surface area contributed by atoms with Gasteiger partial charge in [-0.1, -0.05) is 43.2 Å². The van der Waals surface area contributed by atoms with E-state index in [2.05, 4.69) is 58.7 Å². The van der Waals surface area contributed by atoms with E-state index in [0.29, 0.717) is 0 Å². The molecule has 20 heavy (non-hydrogen) atoms. The molecule has 0 fully saturated rings. The van der Waals surface area contributed by atoms with E-state index in [-0.39, 0.29) is 0 Å². The first-order valence-corrected chi connectivity index (χ1v) is 7.16. The standard InChI is InChI=1S/C17H19N3/c1-3-4-9-20-16(14-7-5-13(2)6-8-14)10-15-11-18-12-19-17(15)20/h5-8,10-12H,3-4,9H2,1-2H3. The maximum absolute atomic E-state index is 4.45. The van der Waals surface area contributed by atoms with Crippen LogP contribution in [0.2, 0.25) is 0 Å². The molecule has 0 aliphatic rings. The van der Waals surface area contributed by atoms with Gasteiger partial charge >= 0.3 is 0 Å². The van der Waals surface area contributed by atoms with Gasteiger partial charge in [-0.2, -0.15) is 0 Å². The predicted molar refractivity (Wildman–Crippen MR) is 82.6 cm³/mol. The number of hydrogen-bond acceptors (Lipinski definition) is 2. The number of hydrogen-bond donors (Lipinski definition) is 0. The Morgan fingerprint density at radius 3 is 2.70 bits per heavy atom. The minimum atomic E-state index is 1.00. The maximum atomic E-state index is 4.45. The molecule has 0 saturated heterocycles. The molecule has 0 unspecified atom stereocenters. The molecule has 1 aromatic carbocycles. The Kier molecular flexibility index (Phi) is 3.50. The van der Waals surface area contributed by atoms with Crippen molar-refractivity contribution in [2.24, 2.45) is 0 Å². The van der Waals surface area contributed by atoms with E-state index in [0.717, 1.165) is 24.0 Å². The van der Waals surface area contributed by atoms with Crippen molar-refractivity contribution in [3.63, 3.8) is 0 Å². The van der Waals surface area contributed by atoms with E-state index in [1.54, 1.807) is 6.33 Å². The minimum Gasteiger partial charge on any atom is -0.325 e. The van der Waals surface area contributed by atoms with Gasteiger partial charge in [-0.3, -0.25) is 0 Å². The average Bonchev–Trinajstić information content (AvgIpc) is 2.84. The van der Waals surface area contributed by atoms with Crippen LogP contribution in [0.15, 0.2) is 42.9 Å². The summed E-state index contributed by atoms with van der Waals surface area (Å²) in [7, 11) is 0.